The van der Waals surface area contributed by atoms with Gasteiger partial charge in [0.1, 0.15) is 0 Å². The quantitative estimate of drug-likeness (QED) is 0.388. The summed E-state index contributed by atoms with van der Waals surface area (Å²) in [7, 11) is 0. The van der Waals surface area contributed by atoms with Crippen LogP contribution < -0.4 is 0 Å². The molecule has 26 heavy (non-hydrogen) atoms. The maximum absolute atomic E-state index is 2.40. The van der Waals surface area contributed by atoms with E-state index < -0.39 is 0 Å². The minimum Gasteiger partial charge on any atom is -0.0824 e. The fourth-order valence-electron chi connectivity index (χ4n) is 4.40. The fraction of sp³-hybridized carbons (Fsp3) is 0.0769. The van der Waals surface area contributed by atoms with E-state index in [0.29, 0.717) is 0 Å². The molecule has 0 bridgehead atoms. The molecule has 1 aliphatic rings. The van der Waals surface area contributed by atoms with Crippen LogP contribution in [0.4, 0.5) is 0 Å². The summed E-state index contributed by atoms with van der Waals surface area (Å²) in [6, 6.07) is 35.3. The molecule has 4 aromatic rings. The molecular weight excluding hydrogens is 312 g/mol. The third-order valence-electron chi connectivity index (χ3n) is 5.63. The number of benzene rings is 4. The van der Waals surface area contributed by atoms with Gasteiger partial charge in [-0.2, -0.15) is 0 Å². The van der Waals surface area contributed by atoms with Crippen LogP contribution >= 0.6 is 0 Å². The lowest BCUT2D eigenvalue weighted by Gasteiger charge is -2.38. The largest absolute Gasteiger partial charge is 0.0824 e. The summed E-state index contributed by atoms with van der Waals surface area (Å²) in [5.74, 6) is 0. The van der Waals surface area contributed by atoms with Crippen LogP contribution in [0.25, 0.3) is 16.8 Å². The van der Waals surface area contributed by atoms with Gasteiger partial charge in [0.15, 0.2) is 0 Å². The van der Waals surface area contributed by atoms with Crippen molar-refractivity contribution in [3.63, 3.8) is 0 Å². The molecule has 0 fully saturated rings. The highest BCUT2D eigenvalue weighted by Gasteiger charge is 2.38. The summed E-state index contributed by atoms with van der Waals surface area (Å²) in [5.41, 5.74) is 5.29. The van der Waals surface area contributed by atoms with Crippen molar-refractivity contribution < 1.29 is 0 Å². The van der Waals surface area contributed by atoms with Crippen molar-refractivity contribution in [2.24, 2.45) is 0 Å². The summed E-state index contributed by atoms with van der Waals surface area (Å²) in [4.78, 5) is 0. The predicted octanol–water partition coefficient (Wildman–Crippen LogP) is 6.59. The Morgan fingerprint density at radius 2 is 1.12 bits per heavy atom. The molecule has 5 rings (SSSR count). The van der Waals surface area contributed by atoms with Crippen molar-refractivity contribution >= 4 is 16.8 Å². The molecule has 124 valence electrons. The van der Waals surface area contributed by atoms with Crippen molar-refractivity contribution in [1.29, 1.82) is 0 Å². The van der Waals surface area contributed by atoms with E-state index in [9.17, 15) is 0 Å². The lowest BCUT2D eigenvalue weighted by Crippen LogP contribution is -2.31. The first-order valence-electron chi connectivity index (χ1n) is 9.19. The van der Waals surface area contributed by atoms with Gasteiger partial charge in [-0.05, 0) is 51.6 Å². The highest BCUT2D eigenvalue weighted by molar-refractivity contribution is 5.87. The smallest absolute Gasteiger partial charge is 0.0491 e. The molecule has 0 saturated heterocycles. The van der Waals surface area contributed by atoms with E-state index in [1.807, 2.05) is 0 Å². The molecule has 0 saturated carbocycles. The first-order chi connectivity index (χ1) is 12.9. The fourth-order valence-corrected chi connectivity index (χ4v) is 4.40. The minimum atomic E-state index is -0.142. The molecule has 0 radical (unpaired) electrons. The van der Waals surface area contributed by atoms with Gasteiger partial charge in [-0.15, -0.1) is 0 Å². The number of fused-ring (bicyclic) bond motifs is 2. The number of hydrogen-bond acceptors (Lipinski definition) is 0. The Kier molecular flexibility index (Phi) is 3.50. The first kappa shape index (κ1) is 15.2. The van der Waals surface area contributed by atoms with E-state index in [-0.39, 0.29) is 5.41 Å². The van der Waals surface area contributed by atoms with E-state index in [4.69, 9.17) is 0 Å². The topological polar surface area (TPSA) is 0 Å². The molecule has 0 amide bonds. The van der Waals surface area contributed by atoms with Gasteiger partial charge in [0.2, 0.25) is 0 Å². The predicted molar refractivity (Wildman–Crippen MR) is 110 cm³/mol. The molecule has 0 spiro atoms. The van der Waals surface area contributed by atoms with Gasteiger partial charge < -0.3 is 0 Å². The van der Waals surface area contributed by atoms with Gasteiger partial charge in [-0.1, -0.05) is 97.1 Å². The molecule has 4 aromatic carbocycles. The molecule has 0 nitrogen and oxygen atoms in total. The standard InChI is InChI=1S/C26H20/c1-3-13-23(14-4-1)26(24-15-5-2-6-16-24)17-9-12-22-18-20-10-7-8-11-21(20)19-25(22)26/h1-16,18-19H,17H2. The Morgan fingerprint density at radius 1 is 0.577 bits per heavy atom. The Labute approximate surface area is 154 Å². The van der Waals surface area contributed by atoms with Crippen molar-refractivity contribution in [2.45, 2.75) is 11.8 Å². The van der Waals surface area contributed by atoms with Crippen molar-refractivity contribution in [2.75, 3.05) is 0 Å². The van der Waals surface area contributed by atoms with Crippen LogP contribution in [0.15, 0.2) is 103 Å². The zero-order valence-electron chi connectivity index (χ0n) is 14.6. The van der Waals surface area contributed by atoms with E-state index in [2.05, 4.69) is 109 Å². The Morgan fingerprint density at radius 3 is 1.73 bits per heavy atom. The van der Waals surface area contributed by atoms with Gasteiger partial charge in [-0.3, -0.25) is 0 Å². The summed E-state index contributed by atoms with van der Waals surface area (Å²) >= 11 is 0. The summed E-state index contributed by atoms with van der Waals surface area (Å²) < 4.78 is 0. The van der Waals surface area contributed by atoms with Gasteiger partial charge in [0.05, 0.1) is 0 Å². The Balaban J connectivity index is 1.88. The van der Waals surface area contributed by atoms with Gasteiger partial charge >= 0.3 is 0 Å². The molecule has 0 N–H and O–H groups in total. The average Bonchev–Trinajstić information content (AvgIpc) is 2.73. The average molecular weight is 332 g/mol. The Bertz CT molecular complexity index is 1050. The van der Waals surface area contributed by atoms with Crippen LogP contribution in [0.5, 0.6) is 0 Å². The zero-order chi connectivity index (χ0) is 17.4. The minimum absolute atomic E-state index is 0.142. The summed E-state index contributed by atoms with van der Waals surface area (Å²) in [6.07, 6.45) is 5.59. The number of allylic oxidation sites excluding steroid dienone is 1. The molecule has 1 aliphatic carbocycles. The van der Waals surface area contributed by atoms with E-state index >= 15 is 0 Å². The molecule has 0 aromatic heterocycles. The lowest BCUT2D eigenvalue weighted by molar-refractivity contribution is 0.622. The SMILES string of the molecule is C1=Cc2cc3ccccc3cc2C(c2ccccc2)(c2ccccc2)C1. The van der Waals surface area contributed by atoms with Crippen LogP contribution in [-0.4, -0.2) is 0 Å². The molecule has 0 aliphatic heterocycles. The van der Waals surface area contributed by atoms with Crippen LogP contribution in [0.1, 0.15) is 28.7 Å². The van der Waals surface area contributed by atoms with Crippen LogP contribution in [0.3, 0.4) is 0 Å². The normalized spacial score (nSPS) is 14.9. The number of rotatable bonds is 2. The Hall–Kier alpha value is -3.12. The van der Waals surface area contributed by atoms with Crippen LogP contribution in [0, 0.1) is 0 Å². The molecule has 0 unspecified atom stereocenters. The van der Waals surface area contributed by atoms with E-state index in [0.717, 1.165) is 6.42 Å². The monoisotopic (exact) mass is 332 g/mol. The molecule has 0 heterocycles. The van der Waals surface area contributed by atoms with E-state index in [1.165, 1.54) is 33.0 Å². The second kappa shape index (κ2) is 6.00. The van der Waals surface area contributed by atoms with Crippen LogP contribution in [0.2, 0.25) is 0 Å². The summed E-state index contributed by atoms with van der Waals surface area (Å²) in [6.45, 7) is 0. The lowest BCUT2D eigenvalue weighted by atomic mass is 9.64. The highest BCUT2D eigenvalue weighted by atomic mass is 14.4. The number of hydrogen-bond donors (Lipinski definition) is 0. The summed E-state index contributed by atoms with van der Waals surface area (Å²) in [5, 5.41) is 2.60. The van der Waals surface area contributed by atoms with Gasteiger partial charge in [-0.25, -0.2) is 0 Å². The third-order valence-corrected chi connectivity index (χ3v) is 5.63. The van der Waals surface area contributed by atoms with Crippen molar-refractivity contribution in [1.82, 2.24) is 0 Å². The van der Waals surface area contributed by atoms with E-state index in [1.54, 1.807) is 0 Å². The maximum atomic E-state index is 2.40. The first-order valence-corrected chi connectivity index (χ1v) is 9.19. The van der Waals surface area contributed by atoms with Crippen molar-refractivity contribution in [3.8, 4) is 0 Å². The second-order valence-electron chi connectivity index (χ2n) is 7.03. The van der Waals surface area contributed by atoms with Crippen LogP contribution in [-0.2, 0) is 5.41 Å². The third kappa shape index (κ3) is 2.23. The molecule has 0 atom stereocenters. The van der Waals surface area contributed by atoms with Gasteiger partial charge in [0.25, 0.3) is 0 Å². The maximum Gasteiger partial charge on any atom is 0.0491 e. The van der Waals surface area contributed by atoms with Gasteiger partial charge in [0, 0.05) is 5.41 Å². The highest BCUT2D eigenvalue weighted by Crippen LogP contribution is 2.47. The van der Waals surface area contributed by atoms with Crippen molar-refractivity contribution in [3.05, 3.63) is 125 Å². The second-order valence-corrected chi connectivity index (χ2v) is 7.03. The zero-order valence-corrected chi connectivity index (χ0v) is 14.6. The molecule has 0 heteroatoms. The molecular formula is C26H20.